The van der Waals surface area contributed by atoms with Crippen LogP contribution in [0.1, 0.15) is 70.8 Å². The minimum absolute atomic E-state index is 0.0115. The van der Waals surface area contributed by atoms with E-state index in [9.17, 15) is 24.0 Å². The summed E-state index contributed by atoms with van der Waals surface area (Å²) >= 11 is 1.88. The smallest absolute Gasteiger partial charge is 0.315 e. The maximum Gasteiger partial charge on any atom is 0.315 e. The zero-order valence-electron chi connectivity index (χ0n) is 27.5. The van der Waals surface area contributed by atoms with E-state index in [1.54, 1.807) is 0 Å². The lowest BCUT2D eigenvalue weighted by atomic mass is 10.0. The van der Waals surface area contributed by atoms with Crippen LogP contribution in [0.3, 0.4) is 0 Å². The van der Waals surface area contributed by atoms with Crippen molar-refractivity contribution in [3.05, 3.63) is 60.2 Å². The van der Waals surface area contributed by atoms with E-state index < -0.39 is 12.1 Å². The number of benzene rings is 2. The summed E-state index contributed by atoms with van der Waals surface area (Å²) in [6, 6.07) is 16.7. The molecular formula is C36H49N5O5S. The van der Waals surface area contributed by atoms with Crippen LogP contribution in [0.4, 0.5) is 4.79 Å². The molecule has 0 aliphatic carbocycles. The Kier molecular flexibility index (Phi) is 14.1. The van der Waals surface area contributed by atoms with Crippen LogP contribution in [0.15, 0.2) is 54.6 Å². The molecule has 254 valence electrons. The first-order chi connectivity index (χ1) is 22.7. The first-order valence-electron chi connectivity index (χ1n) is 16.9. The zero-order chi connectivity index (χ0) is 33.6. The molecule has 2 aliphatic rings. The number of thioether (sulfide) groups is 1. The number of urea groups is 1. The number of hydrogen-bond donors (Lipinski definition) is 5. The quantitative estimate of drug-likeness (QED) is 0.0869. The number of hydrogen-bond acceptors (Lipinski definition) is 6. The molecule has 10 nitrogen and oxygen atoms in total. The van der Waals surface area contributed by atoms with E-state index in [1.807, 2.05) is 80.2 Å². The van der Waals surface area contributed by atoms with Crippen molar-refractivity contribution in [2.24, 2.45) is 5.92 Å². The van der Waals surface area contributed by atoms with Crippen LogP contribution in [0.5, 0.6) is 0 Å². The highest BCUT2D eigenvalue weighted by Gasteiger charge is 2.42. The van der Waals surface area contributed by atoms with Gasteiger partial charge in [-0.15, -0.1) is 0 Å². The molecular weight excluding hydrogens is 614 g/mol. The first kappa shape index (κ1) is 36.0. The molecule has 5 amide bonds. The molecule has 0 unspecified atom stereocenters. The summed E-state index contributed by atoms with van der Waals surface area (Å²) in [6.45, 7) is 4.48. The lowest BCUT2D eigenvalue weighted by Gasteiger charge is -2.22. The van der Waals surface area contributed by atoms with E-state index in [2.05, 4.69) is 26.6 Å². The Bertz CT molecular complexity index is 1340. The number of unbranched alkanes of at least 4 members (excludes halogenated alkanes) is 2. The molecule has 0 radical (unpaired) electrons. The van der Waals surface area contributed by atoms with E-state index in [0.717, 1.165) is 48.0 Å². The van der Waals surface area contributed by atoms with E-state index >= 15 is 0 Å². The molecule has 5 N–H and O–H groups in total. The second kappa shape index (κ2) is 18.5. The van der Waals surface area contributed by atoms with E-state index in [-0.39, 0.29) is 48.2 Å². The summed E-state index contributed by atoms with van der Waals surface area (Å²) < 4.78 is 0. The molecule has 0 aromatic heterocycles. The summed E-state index contributed by atoms with van der Waals surface area (Å²) in [5.74, 6) is 0.495. The molecule has 47 heavy (non-hydrogen) atoms. The third-order valence-corrected chi connectivity index (χ3v) is 10.1. The molecule has 2 heterocycles. The molecule has 0 spiro atoms. The molecule has 4 rings (SSSR count). The highest BCUT2D eigenvalue weighted by molar-refractivity contribution is 8.00. The number of nitrogens with one attached hydrogen (secondary N) is 5. The van der Waals surface area contributed by atoms with Gasteiger partial charge in [-0.25, -0.2) is 4.79 Å². The number of carbonyl (C=O) groups is 5. The lowest BCUT2D eigenvalue weighted by Crippen LogP contribution is -2.50. The standard InChI is InChI=1S/C36H49N5O5S/c1-24(2)20-29(39-33(44)21-25-15-17-27(18-16-25)26-10-4-3-5-11-26)35(45)38-28(22-42)12-8-9-19-37-32(43)14-7-6-13-31-34-30(23-47-31)40-36(46)41-34/h3-5,10-11,15-18,22,24,28-31,34H,6-9,12-14,19-21,23H2,1-2H3,(H,37,43)(H,38,45)(H,39,44)(H2,40,41,46)/t28-,29-,30-,31-,34-/m0/s1. The highest BCUT2D eigenvalue weighted by Crippen LogP contribution is 2.33. The van der Waals surface area contributed by atoms with Crippen molar-refractivity contribution in [1.82, 2.24) is 26.6 Å². The van der Waals surface area contributed by atoms with Crippen molar-refractivity contribution >= 4 is 41.8 Å². The Balaban J connectivity index is 1.11. The van der Waals surface area contributed by atoms with Gasteiger partial charge in [-0.2, -0.15) is 11.8 Å². The van der Waals surface area contributed by atoms with Gasteiger partial charge in [0.05, 0.1) is 24.5 Å². The number of carbonyl (C=O) groups excluding carboxylic acids is 5. The highest BCUT2D eigenvalue weighted by atomic mass is 32.2. The van der Waals surface area contributed by atoms with Crippen molar-refractivity contribution < 1.29 is 24.0 Å². The molecule has 0 saturated carbocycles. The van der Waals surface area contributed by atoms with E-state index in [1.165, 1.54) is 0 Å². The number of rotatable bonds is 19. The van der Waals surface area contributed by atoms with Gasteiger partial charge in [-0.1, -0.05) is 74.9 Å². The normalized spacial score (nSPS) is 19.6. The molecule has 2 aromatic rings. The van der Waals surface area contributed by atoms with Gasteiger partial charge in [0.1, 0.15) is 12.3 Å². The minimum Gasteiger partial charge on any atom is -0.356 e. The Hall–Kier alpha value is -3.86. The van der Waals surface area contributed by atoms with E-state index in [4.69, 9.17) is 0 Å². The zero-order valence-corrected chi connectivity index (χ0v) is 28.3. The topological polar surface area (TPSA) is 146 Å². The van der Waals surface area contributed by atoms with Gasteiger partial charge in [0.2, 0.25) is 17.7 Å². The Labute approximate surface area is 282 Å². The fourth-order valence-electron chi connectivity index (χ4n) is 6.12. The van der Waals surface area contributed by atoms with Gasteiger partial charge >= 0.3 is 6.03 Å². The Morgan fingerprint density at radius 2 is 1.66 bits per heavy atom. The molecule has 0 bridgehead atoms. The third-order valence-electron chi connectivity index (χ3n) is 8.62. The minimum atomic E-state index is -0.741. The van der Waals surface area contributed by atoms with Crippen molar-refractivity contribution in [1.29, 1.82) is 0 Å². The van der Waals surface area contributed by atoms with Crippen molar-refractivity contribution in [3.8, 4) is 11.1 Å². The predicted octanol–water partition coefficient (Wildman–Crippen LogP) is 4.12. The van der Waals surface area contributed by atoms with Crippen LogP contribution >= 0.6 is 11.8 Å². The number of amides is 5. The van der Waals surface area contributed by atoms with E-state index in [0.29, 0.717) is 43.9 Å². The van der Waals surface area contributed by atoms with Crippen LogP contribution in [0.25, 0.3) is 11.1 Å². The van der Waals surface area contributed by atoms with Gasteiger partial charge in [-0.05, 0) is 61.1 Å². The van der Waals surface area contributed by atoms with Crippen molar-refractivity contribution in [3.63, 3.8) is 0 Å². The molecule has 2 aromatic carbocycles. The SMILES string of the molecule is CC(C)C[C@H](NC(=O)Cc1ccc(-c2ccccc2)cc1)C(=O)N[C@H](C=O)CCCCNC(=O)CCCC[C@@H]1SC[C@@H]2NC(=O)N[C@@H]21. The Morgan fingerprint density at radius 1 is 0.915 bits per heavy atom. The molecule has 2 saturated heterocycles. The average molecular weight is 664 g/mol. The van der Waals surface area contributed by atoms with Crippen molar-refractivity contribution in [2.75, 3.05) is 12.3 Å². The molecule has 2 fully saturated rings. The molecule has 5 atom stereocenters. The van der Waals surface area contributed by atoms with Crippen molar-refractivity contribution in [2.45, 2.75) is 101 Å². The largest absolute Gasteiger partial charge is 0.356 e. The summed E-state index contributed by atoms with van der Waals surface area (Å²) in [5.41, 5.74) is 3.02. The van der Waals surface area contributed by atoms with Crippen LogP contribution in [-0.2, 0) is 25.6 Å². The number of aldehydes is 1. The Morgan fingerprint density at radius 3 is 2.38 bits per heavy atom. The van der Waals surface area contributed by atoms with Gasteiger partial charge in [-0.3, -0.25) is 14.4 Å². The fraction of sp³-hybridized carbons (Fsp3) is 0.528. The monoisotopic (exact) mass is 663 g/mol. The second-order valence-corrected chi connectivity index (χ2v) is 14.2. The third kappa shape index (κ3) is 11.7. The van der Waals surface area contributed by atoms with Gasteiger partial charge in [0.25, 0.3) is 0 Å². The summed E-state index contributed by atoms with van der Waals surface area (Å²) in [5, 5.41) is 15.0. The van der Waals surface area contributed by atoms with Gasteiger partial charge in [0.15, 0.2) is 0 Å². The summed E-state index contributed by atoms with van der Waals surface area (Å²) in [4.78, 5) is 61.6. The maximum atomic E-state index is 13.1. The fourth-order valence-corrected chi connectivity index (χ4v) is 7.66. The van der Waals surface area contributed by atoms with Gasteiger partial charge < -0.3 is 31.4 Å². The average Bonchev–Trinajstić information content (AvgIpc) is 3.61. The number of fused-ring (bicyclic) bond motifs is 1. The van der Waals surface area contributed by atoms with Crippen LogP contribution in [-0.4, -0.2) is 71.8 Å². The molecule has 2 aliphatic heterocycles. The summed E-state index contributed by atoms with van der Waals surface area (Å²) in [6.07, 6.45) is 6.32. The predicted molar refractivity (Wildman–Crippen MR) is 186 cm³/mol. The molecule has 11 heteroatoms. The summed E-state index contributed by atoms with van der Waals surface area (Å²) in [7, 11) is 0. The first-order valence-corrected chi connectivity index (χ1v) is 17.9. The van der Waals surface area contributed by atoms with Crippen LogP contribution < -0.4 is 26.6 Å². The second-order valence-electron chi connectivity index (χ2n) is 13.0. The van der Waals surface area contributed by atoms with Crippen LogP contribution in [0.2, 0.25) is 0 Å². The maximum absolute atomic E-state index is 13.1. The van der Waals surface area contributed by atoms with Crippen LogP contribution in [0, 0.1) is 5.92 Å². The van der Waals surface area contributed by atoms with Gasteiger partial charge in [0, 0.05) is 24.0 Å². The lowest BCUT2D eigenvalue weighted by molar-refractivity contribution is -0.130.